The first kappa shape index (κ1) is 17.1. The van der Waals surface area contributed by atoms with Crippen molar-refractivity contribution in [1.29, 1.82) is 0 Å². The molecule has 0 aromatic heterocycles. The highest BCUT2D eigenvalue weighted by Crippen LogP contribution is 2.43. The predicted octanol–water partition coefficient (Wildman–Crippen LogP) is 6.37. The van der Waals surface area contributed by atoms with Gasteiger partial charge in [-0.2, -0.15) is 0 Å². The van der Waals surface area contributed by atoms with E-state index in [9.17, 15) is 0 Å². The Kier molecular flexibility index (Phi) is 6.00. The van der Waals surface area contributed by atoms with E-state index in [1.807, 2.05) is 30.3 Å². The third-order valence-electron chi connectivity index (χ3n) is 3.01. The molecule has 0 fully saturated rings. The largest absolute Gasteiger partial charge is 0.493 e. The second-order valence-corrected chi connectivity index (χ2v) is 7.35. The summed E-state index contributed by atoms with van der Waals surface area (Å²) >= 11 is 17.0. The van der Waals surface area contributed by atoms with Gasteiger partial charge < -0.3 is 9.47 Å². The fourth-order valence-corrected chi connectivity index (χ4v) is 4.49. The zero-order valence-electron chi connectivity index (χ0n) is 11.3. The Balaban J connectivity index is 2.50. The molecule has 2 aromatic rings. The van der Waals surface area contributed by atoms with Crippen LogP contribution in [-0.4, -0.2) is 14.2 Å². The lowest BCUT2D eigenvalue weighted by atomic mass is 10.0. The first-order valence-electron chi connectivity index (χ1n) is 5.98. The second kappa shape index (κ2) is 7.36. The van der Waals surface area contributed by atoms with Crippen LogP contribution in [0.3, 0.4) is 0 Å². The van der Waals surface area contributed by atoms with Crippen molar-refractivity contribution in [2.75, 3.05) is 14.2 Å². The van der Waals surface area contributed by atoms with Crippen LogP contribution in [0.15, 0.2) is 39.3 Å². The van der Waals surface area contributed by atoms with Gasteiger partial charge in [-0.05, 0) is 35.4 Å². The van der Waals surface area contributed by atoms with Crippen LogP contribution in [0.2, 0.25) is 5.02 Å². The van der Waals surface area contributed by atoms with Gasteiger partial charge in [0.1, 0.15) is 0 Å². The molecule has 0 aliphatic heterocycles. The van der Waals surface area contributed by atoms with Crippen LogP contribution < -0.4 is 9.47 Å². The summed E-state index contributed by atoms with van der Waals surface area (Å²) in [5.41, 5.74) is 1.99. The number of rotatable bonds is 4. The van der Waals surface area contributed by atoms with E-state index in [-0.39, 0.29) is 4.83 Å². The monoisotopic (exact) mass is 496 g/mol. The Morgan fingerprint density at radius 3 is 2.14 bits per heavy atom. The molecule has 0 saturated carbocycles. The van der Waals surface area contributed by atoms with Crippen LogP contribution in [0.25, 0.3) is 0 Å². The highest BCUT2D eigenvalue weighted by Gasteiger charge is 2.19. The molecule has 6 heteroatoms. The van der Waals surface area contributed by atoms with Gasteiger partial charge >= 0.3 is 0 Å². The Bertz CT molecular complexity index is 662. The molecule has 0 bridgehead atoms. The van der Waals surface area contributed by atoms with Gasteiger partial charge in [0, 0.05) is 14.0 Å². The van der Waals surface area contributed by atoms with E-state index in [1.165, 1.54) is 0 Å². The zero-order chi connectivity index (χ0) is 15.6. The Morgan fingerprint density at radius 2 is 1.57 bits per heavy atom. The molecule has 0 saturated heterocycles. The summed E-state index contributed by atoms with van der Waals surface area (Å²) in [4.78, 5) is -0.0627. The highest BCUT2D eigenvalue weighted by molar-refractivity contribution is 9.11. The van der Waals surface area contributed by atoms with E-state index in [0.717, 1.165) is 20.1 Å². The molecule has 2 aromatic carbocycles. The summed E-state index contributed by atoms with van der Waals surface area (Å²) in [5.74, 6) is 1.35. The molecule has 0 N–H and O–H groups in total. The normalized spacial score (nSPS) is 12.1. The number of hydrogen-bond acceptors (Lipinski definition) is 2. The van der Waals surface area contributed by atoms with Crippen molar-refractivity contribution in [2.24, 2.45) is 0 Å². The van der Waals surface area contributed by atoms with Gasteiger partial charge in [-0.25, -0.2) is 0 Å². The summed E-state index contributed by atoms with van der Waals surface area (Å²) in [6, 6.07) is 9.63. The van der Waals surface area contributed by atoms with Crippen LogP contribution in [0.1, 0.15) is 16.0 Å². The minimum atomic E-state index is -0.0627. The average molecular weight is 499 g/mol. The molecular formula is C15H12Br3ClO2. The van der Waals surface area contributed by atoms with Crippen molar-refractivity contribution in [2.45, 2.75) is 4.83 Å². The topological polar surface area (TPSA) is 18.5 Å². The lowest BCUT2D eigenvalue weighted by Crippen LogP contribution is -1.98. The van der Waals surface area contributed by atoms with Gasteiger partial charge in [-0.3, -0.25) is 0 Å². The van der Waals surface area contributed by atoms with Gasteiger partial charge in [-0.15, -0.1) is 0 Å². The summed E-state index contributed by atoms with van der Waals surface area (Å²) in [6.45, 7) is 0. The van der Waals surface area contributed by atoms with Gasteiger partial charge in [0.25, 0.3) is 0 Å². The van der Waals surface area contributed by atoms with Crippen molar-refractivity contribution in [3.63, 3.8) is 0 Å². The maximum absolute atomic E-state index is 6.33. The number of methoxy groups -OCH3 is 2. The number of alkyl halides is 1. The molecule has 0 heterocycles. The molecule has 2 nitrogen and oxygen atoms in total. The lowest BCUT2D eigenvalue weighted by Gasteiger charge is -2.17. The van der Waals surface area contributed by atoms with E-state index in [4.69, 9.17) is 21.1 Å². The molecular weight excluding hydrogens is 487 g/mol. The summed E-state index contributed by atoms with van der Waals surface area (Å²) in [5, 5.41) is 0.688. The maximum Gasteiger partial charge on any atom is 0.161 e. The highest BCUT2D eigenvalue weighted by atomic mass is 79.9. The van der Waals surface area contributed by atoms with Crippen LogP contribution >= 0.6 is 59.4 Å². The standard InChI is InChI=1S/C15H12Br3ClO2/c1-20-13-6-10(11(17)7-14(13)21-2)15(18)9-4-3-8(16)5-12(9)19/h3-7,15H,1-2H3. The number of benzene rings is 2. The van der Waals surface area contributed by atoms with E-state index < -0.39 is 0 Å². The maximum atomic E-state index is 6.33. The number of ether oxygens (including phenoxy) is 2. The van der Waals surface area contributed by atoms with Gasteiger partial charge in [0.15, 0.2) is 11.5 Å². The zero-order valence-corrected chi connectivity index (χ0v) is 16.8. The Labute approximate surface area is 154 Å². The van der Waals surface area contributed by atoms with Crippen molar-refractivity contribution < 1.29 is 9.47 Å². The van der Waals surface area contributed by atoms with Crippen LogP contribution in [0.5, 0.6) is 11.5 Å². The third-order valence-corrected chi connectivity index (χ3v) is 5.51. The fraction of sp³-hybridized carbons (Fsp3) is 0.200. The van der Waals surface area contributed by atoms with E-state index in [1.54, 1.807) is 14.2 Å². The van der Waals surface area contributed by atoms with Crippen molar-refractivity contribution in [1.82, 2.24) is 0 Å². The molecule has 0 aliphatic carbocycles. The van der Waals surface area contributed by atoms with Crippen molar-refractivity contribution >= 4 is 59.4 Å². The molecule has 21 heavy (non-hydrogen) atoms. The van der Waals surface area contributed by atoms with Crippen molar-refractivity contribution in [3.05, 3.63) is 55.4 Å². The molecule has 0 aliphatic rings. The predicted molar refractivity (Wildman–Crippen MR) is 97.2 cm³/mol. The molecule has 0 spiro atoms. The Hall–Kier alpha value is -0.230. The summed E-state index contributed by atoms with van der Waals surface area (Å²) < 4.78 is 12.5. The second-order valence-electron chi connectivity index (χ2n) is 4.26. The SMILES string of the molecule is COc1cc(Br)c(C(Br)c2ccc(Br)cc2Cl)cc1OC. The smallest absolute Gasteiger partial charge is 0.161 e. The molecule has 1 atom stereocenters. The summed E-state index contributed by atoms with van der Waals surface area (Å²) in [7, 11) is 3.23. The summed E-state index contributed by atoms with van der Waals surface area (Å²) in [6.07, 6.45) is 0. The third kappa shape index (κ3) is 3.76. The van der Waals surface area contributed by atoms with Gasteiger partial charge in [-0.1, -0.05) is 65.5 Å². The van der Waals surface area contributed by atoms with E-state index >= 15 is 0 Å². The molecule has 0 amide bonds. The minimum absolute atomic E-state index is 0.0627. The quantitative estimate of drug-likeness (QED) is 0.456. The number of halogens is 4. The van der Waals surface area contributed by atoms with Crippen molar-refractivity contribution in [3.8, 4) is 11.5 Å². The molecule has 1 unspecified atom stereocenters. The molecule has 0 radical (unpaired) electrons. The van der Waals surface area contributed by atoms with Crippen LogP contribution in [-0.2, 0) is 0 Å². The lowest BCUT2D eigenvalue weighted by molar-refractivity contribution is 0.354. The minimum Gasteiger partial charge on any atom is -0.493 e. The van der Waals surface area contributed by atoms with Gasteiger partial charge in [0.2, 0.25) is 0 Å². The Morgan fingerprint density at radius 1 is 0.952 bits per heavy atom. The fourth-order valence-electron chi connectivity index (χ4n) is 1.94. The van der Waals surface area contributed by atoms with Crippen LogP contribution in [0.4, 0.5) is 0 Å². The number of hydrogen-bond donors (Lipinski definition) is 0. The molecule has 2 rings (SSSR count). The van der Waals surface area contributed by atoms with E-state index in [0.29, 0.717) is 16.5 Å². The first-order chi connectivity index (χ1) is 9.97. The van der Waals surface area contributed by atoms with Gasteiger partial charge in [0.05, 0.1) is 19.0 Å². The van der Waals surface area contributed by atoms with E-state index in [2.05, 4.69) is 47.8 Å². The average Bonchev–Trinajstić information content (AvgIpc) is 2.46. The van der Waals surface area contributed by atoms with Crippen LogP contribution in [0, 0.1) is 0 Å². The first-order valence-corrected chi connectivity index (χ1v) is 8.86. The molecule has 112 valence electrons.